The smallest absolute Gasteiger partial charge is 0.291 e. The molecule has 0 saturated carbocycles. The quantitative estimate of drug-likeness (QED) is 0.627. The van der Waals surface area contributed by atoms with Crippen molar-refractivity contribution in [2.45, 2.75) is 25.9 Å². The Morgan fingerprint density at radius 2 is 2.00 bits per heavy atom. The lowest BCUT2D eigenvalue weighted by atomic mass is 10.3. The minimum Gasteiger partial charge on any atom is -0.291 e. The maximum absolute atomic E-state index is 11.7. The third-order valence-corrected chi connectivity index (χ3v) is 1.68. The summed E-state index contributed by atoms with van der Waals surface area (Å²) < 4.78 is 35.1. The van der Waals surface area contributed by atoms with Gasteiger partial charge in [-0.15, -0.1) is 0 Å². The fourth-order valence-corrected chi connectivity index (χ4v) is 0.952. The van der Waals surface area contributed by atoms with E-state index in [0.29, 0.717) is 13.1 Å². The van der Waals surface area contributed by atoms with Crippen molar-refractivity contribution >= 4 is 0 Å². The van der Waals surface area contributed by atoms with E-state index in [2.05, 4.69) is 0 Å². The summed E-state index contributed by atoms with van der Waals surface area (Å²) in [6.45, 7) is 2.98. The lowest BCUT2D eigenvalue weighted by molar-refractivity contribution is -0.136. The van der Waals surface area contributed by atoms with E-state index in [1.54, 1.807) is 4.90 Å². The SMILES string of the molecule is CCN(CC#N)CCCC(F)(F)F. The molecule has 0 rings (SSSR count). The molecule has 0 heterocycles. The Kier molecular flexibility index (Phi) is 5.47. The summed E-state index contributed by atoms with van der Waals surface area (Å²) in [7, 11) is 0. The lowest BCUT2D eigenvalue weighted by Crippen LogP contribution is -2.25. The Labute approximate surface area is 75.9 Å². The summed E-state index contributed by atoms with van der Waals surface area (Å²) in [5.74, 6) is 0. The van der Waals surface area contributed by atoms with Gasteiger partial charge < -0.3 is 0 Å². The zero-order valence-electron chi connectivity index (χ0n) is 7.56. The maximum atomic E-state index is 11.7. The summed E-state index contributed by atoms with van der Waals surface area (Å²) in [4.78, 5) is 1.69. The van der Waals surface area contributed by atoms with Crippen molar-refractivity contribution < 1.29 is 13.2 Å². The minimum atomic E-state index is -4.08. The highest BCUT2D eigenvalue weighted by Crippen LogP contribution is 2.21. The van der Waals surface area contributed by atoms with E-state index in [1.807, 2.05) is 13.0 Å². The molecule has 0 saturated heterocycles. The number of hydrogen-bond acceptors (Lipinski definition) is 2. The van der Waals surface area contributed by atoms with E-state index in [9.17, 15) is 13.2 Å². The second-order valence-electron chi connectivity index (χ2n) is 2.75. The molecular weight excluding hydrogens is 181 g/mol. The maximum Gasteiger partial charge on any atom is 0.389 e. The number of nitriles is 1. The predicted molar refractivity (Wildman–Crippen MR) is 43.0 cm³/mol. The fraction of sp³-hybridized carbons (Fsp3) is 0.875. The Bertz CT molecular complexity index is 171. The standard InChI is InChI=1S/C8H13F3N2/c1-2-13(7-5-12)6-3-4-8(9,10)11/h2-4,6-7H2,1H3. The second-order valence-corrected chi connectivity index (χ2v) is 2.75. The zero-order chi connectivity index (χ0) is 10.3. The van der Waals surface area contributed by atoms with Gasteiger partial charge in [-0.2, -0.15) is 18.4 Å². The molecule has 0 radical (unpaired) electrons. The third kappa shape index (κ3) is 7.60. The summed E-state index contributed by atoms with van der Waals surface area (Å²) in [5, 5.41) is 8.31. The van der Waals surface area contributed by atoms with Gasteiger partial charge in [0, 0.05) is 6.42 Å². The van der Waals surface area contributed by atoms with Gasteiger partial charge in [-0.25, -0.2) is 0 Å². The van der Waals surface area contributed by atoms with Crippen LogP contribution in [-0.2, 0) is 0 Å². The molecule has 0 spiro atoms. The molecule has 0 aromatic heterocycles. The van der Waals surface area contributed by atoms with Crippen LogP contribution in [0, 0.1) is 11.3 Å². The average molecular weight is 194 g/mol. The highest BCUT2D eigenvalue weighted by molar-refractivity contribution is 4.75. The third-order valence-electron chi connectivity index (χ3n) is 1.68. The first-order valence-corrected chi connectivity index (χ1v) is 4.15. The number of rotatable bonds is 5. The first-order valence-electron chi connectivity index (χ1n) is 4.15. The highest BCUT2D eigenvalue weighted by Gasteiger charge is 2.26. The molecule has 0 aliphatic heterocycles. The summed E-state index contributed by atoms with van der Waals surface area (Å²) in [6, 6.07) is 1.91. The molecule has 0 bridgehead atoms. The van der Waals surface area contributed by atoms with Gasteiger partial charge in [0.2, 0.25) is 0 Å². The molecule has 0 amide bonds. The van der Waals surface area contributed by atoms with E-state index < -0.39 is 12.6 Å². The van der Waals surface area contributed by atoms with Crippen LogP contribution in [0.1, 0.15) is 19.8 Å². The first kappa shape index (κ1) is 12.2. The molecule has 0 N–H and O–H groups in total. The van der Waals surface area contributed by atoms with Crippen LogP contribution in [0.4, 0.5) is 13.2 Å². The molecule has 0 fully saturated rings. The van der Waals surface area contributed by atoms with Gasteiger partial charge in [-0.3, -0.25) is 4.90 Å². The van der Waals surface area contributed by atoms with Crippen molar-refractivity contribution in [1.82, 2.24) is 4.90 Å². The van der Waals surface area contributed by atoms with Gasteiger partial charge in [-0.1, -0.05) is 6.92 Å². The van der Waals surface area contributed by atoms with E-state index in [1.165, 1.54) is 0 Å². The molecule has 2 nitrogen and oxygen atoms in total. The first-order chi connectivity index (χ1) is 5.99. The van der Waals surface area contributed by atoms with Crippen molar-refractivity contribution in [1.29, 1.82) is 5.26 Å². The Morgan fingerprint density at radius 1 is 1.38 bits per heavy atom. The van der Waals surface area contributed by atoms with Crippen molar-refractivity contribution in [3.63, 3.8) is 0 Å². The van der Waals surface area contributed by atoms with Crippen molar-refractivity contribution in [3.05, 3.63) is 0 Å². The van der Waals surface area contributed by atoms with E-state index in [-0.39, 0.29) is 13.0 Å². The van der Waals surface area contributed by atoms with Crippen molar-refractivity contribution in [2.24, 2.45) is 0 Å². The number of alkyl halides is 3. The Balaban J connectivity index is 3.56. The normalized spacial score (nSPS) is 11.7. The molecule has 5 heteroatoms. The number of hydrogen-bond donors (Lipinski definition) is 0. The molecule has 0 aliphatic carbocycles. The zero-order valence-corrected chi connectivity index (χ0v) is 7.56. The van der Waals surface area contributed by atoms with Crippen molar-refractivity contribution in [2.75, 3.05) is 19.6 Å². The topological polar surface area (TPSA) is 27.0 Å². The molecule has 0 atom stereocenters. The Morgan fingerprint density at radius 3 is 2.38 bits per heavy atom. The van der Waals surface area contributed by atoms with Gasteiger partial charge in [0.15, 0.2) is 0 Å². The van der Waals surface area contributed by atoms with Crippen LogP contribution in [0.2, 0.25) is 0 Å². The van der Waals surface area contributed by atoms with Crippen LogP contribution in [0.15, 0.2) is 0 Å². The molecule has 0 aromatic rings. The van der Waals surface area contributed by atoms with E-state index in [0.717, 1.165) is 0 Å². The van der Waals surface area contributed by atoms with Gasteiger partial charge in [0.05, 0.1) is 12.6 Å². The van der Waals surface area contributed by atoms with E-state index in [4.69, 9.17) is 5.26 Å². The lowest BCUT2D eigenvalue weighted by Gasteiger charge is -2.16. The van der Waals surface area contributed by atoms with Crippen molar-refractivity contribution in [3.8, 4) is 6.07 Å². The second kappa shape index (κ2) is 5.81. The van der Waals surface area contributed by atoms with E-state index >= 15 is 0 Å². The van der Waals surface area contributed by atoms with Crippen LogP contribution in [0.3, 0.4) is 0 Å². The minimum absolute atomic E-state index is 0.0685. The molecular formula is C8H13F3N2. The van der Waals surface area contributed by atoms with Gasteiger partial charge in [0.25, 0.3) is 0 Å². The van der Waals surface area contributed by atoms with Gasteiger partial charge in [-0.05, 0) is 19.5 Å². The van der Waals surface area contributed by atoms with Gasteiger partial charge in [0.1, 0.15) is 0 Å². The molecule has 76 valence electrons. The average Bonchev–Trinajstić information content (AvgIpc) is 2.01. The summed E-state index contributed by atoms with van der Waals surface area (Å²) >= 11 is 0. The fourth-order valence-electron chi connectivity index (χ4n) is 0.952. The monoisotopic (exact) mass is 194 g/mol. The molecule has 13 heavy (non-hydrogen) atoms. The van der Waals surface area contributed by atoms with Crippen LogP contribution in [-0.4, -0.2) is 30.7 Å². The molecule has 0 unspecified atom stereocenters. The largest absolute Gasteiger partial charge is 0.389 e. The Hall–Kier alpha value is -0.760. The molecule has 0 aliphatic rings. The highest BCUT2D eigenvalue weighted by atomic mass is 19.4. The molecule has 0 aromatic carbocycles. The number of halogens is 3. The number of nitrogens with zero attached hydrogens (tertiary/aromatic N) is 2. The van der Waals surface area contributed by atoms with Crippen LogP contribution in [0.25, 0.3) is 0 Å². The van der Waals surface area contributed by atoms with Crippen LogP contribution >= 0.6 is 0 Å². The van der Waals surface area contributed by atoms with Gasteiger partial charge >= 0.3 is 6.18 Å². The summed E-state index contributed by atoms with van der Waals surface area (Å²) in [6.07, 6.45) is -4.78. The summed E-state index contributed by atoms with van der Waals surface area (Å²) in [5.41, 5.74) is 0. The predicted octanol–water partition coefficient (Wildman–Crippen LogP) is 2.17. The van der Waals surface area contributed by atoms with Crippen LogP contribution in [0.5, 0.6) is 0 Å². The van der Waals surface area contributed by atoms with Crippen LogP contribution < -0.4 is 0 Å².